The van der Waals surface area contributed by atoms with Gasteiger partial charge in [-0.2, -0.15) is 0 Å². The monoisotopic (exact) mass is 256 g/mol. The van der Waals surface area contributed by atoms with Gasteiger partial charge in [0.1, 0.15) is 0 Å². The van der Waals surface area contributed by atoms with E-state index in [1.807, 2.05) is 30.3 Å². The maximum atomic E-state index is 9.20. The Morgan fingerprint density at radius 3 is 2.63 bits per heavy atom. The number of hydrogen-bond acceptors (Lipinski definition) is 4. The molecular weight excluding hydrogens is 244 g/mol. The van der Waals surface area contributed by atoms with Crippen LogP contribution in [-0.2, 0) is 0 Å². The highest BCUT2D eigenvalue weighted by Gasteiger charge is 2.13. The first kappa shape index (κ1) is 11.6. The summed E-state index contributed by atoms with van der Waals surface area (Å²) in [5, 5.41) is 9.20. The lowest BCUT2D eigenvalue weighted by Crippen LogP contribution is -2.19. The standard InChI is InChI=1S/C14H12N2O3/c17-16-14(10-4-2-1-3-5-10)15-11-6-7-12-13(8-11)19-9-18-12/h1-8,17H,9H2,(H,15,16). The van der Waals surface area contributed by atoms with Crippen molar-refractivity contribution in [2.75, 3.05) is 6.79 Å². The van der Waals surface area contributed by atoms with Crippen molar-refractivity contribution in [3.05, 3.63) is 54.1 Å². The number of hydrogen-bond donors (Lipinski definition) is 2. The zero-order chi connectivity index (χ0) is 13.1. The first-order valence-corrected chi connectivity index (χ1v) is 5.81. The second-order valence-electron chi connectivity index (χ2n) is 3.98. The van der Waals surface area contributed by atoms with Gasteiger partial charge in [0.25, 0.3) is 0 Å². The molecule has 0 aliphatic carbocycles. The molecule has 5 nitrogen and oxygen atoms in total. The zero-order valence-electron chi connectivity index (χ0n) is 10.0. The van der Waals surface area contributed by atoms with Gasteiger partial charge in [0, 0.05) is 11.6 Å². The average molecular weight is 256 g/mol. The maximum absolute atomic E-state index is 9.20. The Hall–Kier alpha value is -2.53. The van der Waals surface area contributed by atoms with E-state index in [-0.39, 0.29) is 6.79 Å². The van der Waals surface area contributed by atoms with Crippen LogP contribution in [0.1, 0.15) is 5.56 Å². The molecule has 1 aliphatic rings. The second kappa shape index (κ2) is 4.99. The summed E-state index contributed by atoms with van der Waals surface area (Å²) in [6, 6.07) is 14.7. The summed E-state index contributed by atoms with van der Waals surface area (Å²) in [5.41, 5.74) is 3.58. The van der Waals surface area contributed by atoms with Crippen LogP contribution in [0.4, 0.5) is 5.69 Å². The molecular formula is C14H12N2O3. The smallest absolute Gasteiger partial charge is 0.231 e. The quantitative estimate of drug-likeness (QED) is 0.492. The predicted molar refractivity (Wildman–Crippen MR) is 70.1 cm³/mol. The fraction of sp³-hybridized carbons (Fsp3) is 0.0714. The second-order valence-corrected chi connectivity index (χ2v) is 3.98. The van der Waals surface area contributed by atoms with Crippen LogP contribution in [0.15, 0.2) is 53.5 Å². The van der Waals surface area contributed by atoms with Crippen molar-refractivity contribution in [2.24, 2.45) is 4.99 Å². The Morgan fingerprint density at radius 1 is 1.05 bits per heavy atom. The van der Waals surface area contributed by atoms with Gasteiger partial charge < -0.3 is 9.47 Å². The van der Waals surface area contributed by atoms with E-state index in [4.69, 9.17) is 9.47 Å². The Labute approximate surface area is 110 Å². The van der Waals surface area contributed by atoms with Gasteiger partial charge in [0.15, 0.2) is 17.3 Å². The lowest BCUT2D eigenvalue weighted by atomic mass is 10.2. The minimum absolute atomic E-state index is 0.228. The summed E-state index contributed by atoms with van der Waals surface area (Å²) in [7, 11) is 0. The lowest BCUT2D eigenvalue weighted by molar-refractivity contribution is 0.174. The highest BCUT2D eigenvalue weighted by atomic mass is 16.7. The predicted octanol–water partition coefficient (Wildman–Crippen LogP) is 2.47. The summed E-state index contributed by atoms with van der Waals surface area (Å²) in [4.78, 5) is 4.34. The van der Waals surface area contributed by atoms with Crippen LogP contribution in [0.2, 0.25) is 0 Å². The fourth-order valence-electron chi connectivity index (χ4n) is 1.83. The molecule has 0 saturated heterocycles. The van der Waals surface area contributed by atoms with Crippen molar-refractivity contribution in [1.29, 1.82) is 0 Å². The fourth-order valence-corrected chi connectivity index (χ4v) is 1.83. The molecule has 5 heteroatoms. The minimum Gasteiger partial charge on any atom is -0.454 e. The molecule has 0 atom stereocenters. The van der Waals surface area contributed by atoms with Crippen LogP contribution in [-0.4, -0.2) is 17.8 Å². The molecule has 1 heterocycles. The molecule has 0 unspecified atom stereocenters. The molecule has 2 N–H and O–H groups in total. The summed E-state index contributed by atoms with van der Waals surface area (Å²) in [5.74, 6) is 1.74. The molecule has 3 rings (SSSR count). The van der Waals surface area contributed by atoms with E-state index in [0.29, 0.717) is 23.0 Å². The van der Waals surface area contributed by atoms with Crippen LogP contribution in [0.5, 0.6) is 11.5 Å². The van der Waals surface area contributed by atoms with Gasteiger partial charge in [-0.1, -0.05) is 30.3 Å². The average Bonchev–Trinajstić information content (AvgIpc) is 2.93. The molecule has 0 fully saturated rings. The van der Waals surface area contributed by atoms with E-state index in [0.717, 1.165) is 5.56 Å². The number of aliphatic imine (C=N–C) groups is 1. The molecule has 2 aromatic rings. The van der Waals surface area contributed by atoms with Crippen molar-refractivity contribution in [3.8, 4) is 11.5 Å². The van der Waals surface area contributed by atoms with Gasteiger partial charge in [-0.05, 0) is 12.1 Å². The number of ether oxygens (including phenoxy) is 2. The van der Waals surface area contributed by atoms with Crippen LogP contribution in [0.3, 0.4) is 0 Å². The summed E-state index contributed by atoms with van der Waals surface area (Å²) in [6.07, 6.45) is 0. The van der Waals surface area contributed by atoms with E-state index in [9.17, 15) is 5.21 Å². The molecule has 0 saturated carbocycles. The van der Waals surface area contributed by atoms with Crippen LogP contribution in [0, 0.1) is 0 Å². The highest BCUT2D eigenvalue weighted by molar-refractivity contribution is 5.99. The topological polar surface area (TPSA) is 63.1 Å². The maximum Gasteiger partial charge on any atom is 0.231 e. The minimum atomic E-state index is 0.228. The summed E-state index contributed by atoms with van der Waals surface area (Å²) >= 11 is 0. The molecule has 0 radical (unpaired) electrons. The third kappa shape index (κ3) is 2.36. The van der Waals surface area contributed by atoms with Crippen molar-refractivity contribution in [2.45, 2.75) is 0 Å². The van der Waals surface area contributed by atoms with E-state index in [1.54, 1.807) is 18.2 Å². The van der Waals surface area contributed by atoms with E-state index in [2.05, 4.69) is 10.5 Å². The van der Waals surface area contributed by atoms with Crippen molar-refractivity contribution >= 4 is 11.5 Å². The summed E-state index contributed by atoms with van der Waals surface area (Å²) in [6.45, 7) is 0.228. The van der Waals surface area contributed by atoms with Crippen LogP contribution in [0.25, 0.3) is 0 Å². The van der Waals surface area contributed by atoms with Gasteiger partial charge in [-0.15, -0.1) is 0 Å². The third-order valence-corrected chi connectivity index (χ3v) is 2.75. The van der Waals surface area contributed by atoms with Crippen LogP contribution < -0.4 is 15.0 Å². The Kier molecular flexibility index (Phi) is 3.04. The Morgan fingerprint density at radius 2 is 1.84 bits per heavy atom. The van der Waals surface area contributed by atoms with E-state index in [1.165, 1.54) is 0 Å². The van der Waals surface area contributed by atoms with E-state index < -0.39 is 0 Å². The number of hydroxylamine groups is 1. The van der Waals surface area contributed by atoms with Gasteiger partial charge >= 0.3 is 0 Å². The normalized spacial score (nSPS) is 13.4. The van der Waals surface area contributed by atoms with Crippen molar-refractivity contribution in [1.82, 2.24) is 5.48 Å². The largest absolute Gasteiger partial charge is 0.454 e. The van der Waals surface area contributed by atoms with Gasteiger partial charge in [0.05, 0.1) is 5.69 Å². The molecule has 0 bridgehead atoms. The Balaban J connectivity index is 1.95. The number of benzene rings is 2. The number of nitrogens with zero attached hydrogens (tertiary/aromatic N) is 1. The molecule has 19 heavy (non-hydrogen) atoms. The molecule has 0 aromatic heterocycles. The first-order chi connectivity index (χ1) is 9.36. The SMILES string of the molecule is ONC(=Nc1ccc2c(c1)OCO2)c1ccccc1. The number of nitrogens with one attached hydrogen (secondary N) is 1. The number of fused-ring (bicyclic) bond motifs is 1. The van der Waals surface area contributed by atoms with E-state index >= 15 is 0 Å². The first-order valence-electron chi connectivity index (χ1n) is 5.81. The van der Waals surface area contributed by atoms with Gasteiger partial charge in [-0.3, -0.25) is 10.7 Å². The zero-order valence-corrected chi connectivity index (χ0v) is 10.0. The van der Waals surface area contributed by atoms with Gasteiger partial charge in [-0.25, -0.2) is 4.99 Å². The number of amidine groups is 1. The lowest BCUT2D eigenvalue weighted by Gasteiger charge is -2.05. The van der Waals surface area contributed by atoms with Gasteiger partial charge in [0.2, 0.25) is 6.79 Å². The number of rotatable bonds is 2. The molecule has 2 aromatic carbocycles. The van der Waals surface area contributed by atoms with Crippen molar-refractivity contribution < 1.29 is 14.7 Å². The summed E-state index contributed by atoms with van der Waals surface area (Å²) < 4.78 is 10.5. The highest BCUT2D eigenvalue weighted by Crippen LogP contribution is 2.35. The molecule has 0 spiro atoms. The molecule has 0 amide bonds. The van der Waals surface area contributed by atoms with Crippen molar-refractivity contribution in [3.63, 3.8) is 0 Å². The molecule has 1 aliphatic heterocycles. The third-order valence-electron chi connectivity index (χ3n) is 2.75. The van der Waals surface area contributed by atoms with Crippen LogP contribution >= 0.6 is 0 Å². The molecule has 96 valence electrons. The Bertz CT molecular complexity index is 611.